The van der Waals surface area contributed by atoms with E-state index in [-0.39, 0.29) is 32.8 Å². The second kappa shape index (κ2) is 8.58. The van der Waals surface area contributed by atoms with Crippen LogP contribution >= 0.6 is 34.5 Å². The highest BCUT2D eigenvalue weighted by Gasteiger charge is 2.22. The zero-order valence-electron chi connectivity index (χ0n) is 16.3. The Kier molecular flexibility index (Phi) is 5.61. The molecule has 0 saturated carbocycles. The maximum Gasteiger partial charge on any atom is 0.387 e. The number of aromatic nitrogens is 2. The third kappa shape index (κ3) is 3.99. The van der Waals surface area contributed by atoms with Gasteiger partial charge in [0.05, 0.1) is 15.7 Å². The number of benzene rings is 2. The molecule has 0 atom stereocenters. The summed E-state index contributed by atoms with van der Waals surface area (Å²) in [5.74, 6) is -0.602. The number of nitrogens with one attached hydrogen (secondary N) is 1. The van der Waals surface area contributed by atoms with Crippen molar-refractivity contribution in [2.24, 2.45) is 0 Å². The maximum absolute atomic E-state index is 12.9. The number of carbonyl (C=O) groups excluding carboxylic acids is 1. The van der Waals surface area contributed by atoms with Gasteiger partial charge in [0.1, 0.15) is 16.3 Å². The topological polar surface area (TPSA) is 77.2 Å². The highest BCUT2D eigenvalue weighted by molar-refractivity contribution is 7.13. The molecule has 3 aromatic heterocycles. The van der Waals surface area contributed by atoms with Gasteiger partial charge in [-0.2, -0.15) is 8.78 Å². The normalized spacial score (nSPS) is 11.4. The molecule has 0 aliphatic heterocycles. The molecule has 0 fully saturated rings. The molecule has 3 heterocycles. The van der Waals surface area contributed by atoms with Crippen LogP contribution in [0.5, 0.6) is 5.75 Å². The molecule has 33 heavy (non-hydrogen) atoms. The van der Waals surface area contributed by atoms with Crippen molar-refractivity contribution in [3.05, 3.63) is 69.9 Å². The highest BCUT2D eigenvalue weighted by atomic mass is 35.5. The van der Waals surface area contributed by atoms with E-state index in [0.29, 0.717) is 26.9 Å². The summed E-state index contributed by atoms with van der Waals surface area (Å²) in [7, 11) is 0. The first-order chi connectivity index (χ1) is 15.9. The second-order valence-electron chi connectivity index (χ2n) is 6.76. The summed E-state index contributed by atoms with van der Waals surface area (Å²) in [4.78, 5) is 21.0. The Morgan fingerprint density at radius 3 is 2.64 bits per heavy atom. The Labute approximate surface area is 198 Å². The third-order valence-electron chi connectivity index (χ3n) is 4.77. The van der Waals surface area contributed by atoms with E-state index in [4.69, 9.17) is 27.6 Å². The molecule has 2 aromatic carbocycles. The molecule has 6 nitrogen and oxygen atoms in total. The average Bonchev–Trinajstić information content (AvgIpc) is 3.42. The van der Waals surface area contributed by atoms with Crippen molar-refractivity contribution in [3.63, 3.8) is 0 Å². The lowest BCUT2D eigenvalue weighted by molar-refractivity contribution is -0.0493. The van der Waals surface area contributed by atoms with Crippen molar-refractivity contribution in [1.82, 2.24) is 9.97 Å². The fraction of sp³-hybridized carbons (Fsp3) is 0.0455. The van der Waals surface area contributed by atoms with Crippen LogP contribution in [0, 0.1) is 0 Å². The van der Waals surface area contributed by atoms with Gasteiger partial charge in [0.25, 0.3) is 5.91 Å². The smallest absolute Gasteiger partial charge is 0.387 e. The number of thiazole rings is 1. The Bertz CT molecular complexity index is 1500. The minimum Gasteiger partial charge on any atom is -0.452 e. The van der Waals surface area contributed by atoms with Crippen molar-refractivity contribution >= 4 is 68.1 Å². The van der Waals surface area contributed by atoms with Gasteiger partial charge in [0.2, 0.25) is 0 Å². The van der Waals surface area contributed by atoms with Gasteiger partial charge in [-0.1, -0.05) is 41.4 Å². The molecule has 0 aliphatic carbocycles. The number of carbonyl (C=O) groups is 1. The minimum atomic E-state index is -3.01. The number of para-hydroxylation sites is 1. The lowest BCUT2D eigenvalue weighted by Gasteiger charge is -2.07. The molecule has 0 spiro atoms. The van der Waals surface area contributed by atoms with E-state index in [1.165, 1.54) is 29.8 Å². The predicted molar refractivity (Wildman–Crippen MR) is 124 cm³/mol. The predicted octanol–water partition coefficient (Wildman–Crippen LogP) is 7.27. The first kappa shape index (κ1) is 21.6. The Balaban J connectivity index is 1.57. The first-order valence-electron chi connectivity index (χ1n) is 9.37. The van der Waals surface area contributed by atoms with Gasteiger partial charge in [-0.25, -0.2) is 4.98 Å². The monoisotopic (exact) mass is 505 g/mol. The lowest BCUT2D eigenvalue weighted by Crippen LogP contribution is -2.13. The van der Waals surface area contributed by atoms with Crippen LogP contribution in [-0.2, 0) is 0 Å². The Morgan fingerprint density at radius 1 is 1.12 bits per heavy atom. The molecular formula is C22H11Cl2F2N3O3S. The van der Waals surface area contributed by atoms with Crippen molar-refractivity contribution in [2.75, 3.05) is 5.32 Å². The molecule has 5 aromatic rings. The molecular weight excluding hydrogens is 495 g/mol. The van der Waals surface area contributed by atoms with E-state index in [0.717, 1.165) is 0 Å². The summed E-state index contributed by atoms with van der Waals surface area (Å²) in [5.41, 5.74) is 1.65. The van der Waals surface area contributed by atoms with Crippen LogP contribution in [-0.4, -0.2) is 22.5 Å². The SMILES string of the molecule is O=C(Nc1c(Cl)cncc1Cl)c1csc(-c2ccc(OC(F)F)c3oc4ccccc4c23)n1. The fourth-order valence-corrected chi connectivity index (χ4v) is 4.67. The van der Waals surface area contributed by atoms with Crippen LogP contribution in [0.1, 0.15) is 10.5 Å². The number of alkyl halides is 2. The number of halogens is 4. The number of anilines is 1. The second-order valence-corrected chi connectivity index (χ2v) is 8.43. The number of fused-ring (bicyclic) bond motifs is 3. The van der Waals surface area contributed by atoms with Gasteiger partial charge >= 0.3 is 6.61 Å². The largest absolute Gasteiger partial charge is 0.452 e. The van der Waals surface area contributed by atoms with Gasteiger partial charge in [0, 0.05) is 34.1 Å². The van der Waals surface area contributed by atoms with Crippen molar-refractivity contribution in [2.45, 2.75) is 6.61 Å². The number of hydrogen-bond acceptors (Lipinski definition) is 6. The van der Waals surface area contributed by atoms with E-state index in [9.17, 15) is 13.6 Å². The number of pyridine rings is 1. The minimum absolute atomic E-state index is 0.0866. The quantitative estimate of drug-likeness (QED) is 0.271. The van der Waals surface area contributed by atoms with Gasteiger partial charge in [-0.05, 0) is 18.2 Å². The number of hydrogen-bond donors (Lipinski definition) is 1. The van der Waals surface area contributed by atoms with Crippen LogP contribution in [0.2, 0.25) is 10.0 Å². The molecule has 1 N–H and O–H groups in total. The van der Waals surface area contributed by atoms with E-state index < -0.39 is 12.5 Å². The van der Waals surface area contributed by atoms with Crippen LogP contribution < -0.4 is 10.1 Å². The summed E-state index contributed by atoms with van der Waals surface area (Å²) >= 11 is 13.3. The summed E-state index contributed by atoms with van der Waals surface area (Å²) in [5, 5.41) is 6.34. The summed E-state index contributed by atoms with van der Waals surface area (Å²) in [6, 6.07) is 10.1. The molecule has 0 radical (unpaired) electrons. The molecule has 166 valence electrons. The maximum atomic E-state index is 12.9. The zero-order valence-corrected chi connectivity index (χ0v) is 18.6. The molecule has 0 bridgehead atoms. The van der Waals surface area contributed by atoms with Gasteiger partial charge in [0.15, 0.2) is 11.3 Å². The molecule has 5 rings (SSSR count). The summed E-state index contributed by atoms with van der Waals surface area (Å²) < 4.78 is 36.3. The lowest BCUT2D eigenvalue weighted by atomic mass is 10.1. The Hall–Kier alpha value is -3.27. The highest BCUT2D eigenvalue weighted by Crippen LogP contribution is 2.42. The molecule has 0 saturated heterocycles. The number of nitrogens with zero attached hydrogens (tertiary/aromatic N) is 2. The van der Waals surface area contributed by atoms with E-state index in [1.807, 2.05) is 12.1 Å². The number of rotatable bonds is 5. The van der Waals surface area contributed by atoms with Crippen LogP contribution in [0.4, 0.5) is 14.5 Å². The van der Waals surface area contributed by atoms with Crippen molar-refractivity contribution in [1.29, 1.82) is 0 Å². The van der Waals surface area contributed by atoms with E-state index >= 15 is 0 Å². The van der Waals surface area contributed by atoms with E-state index in [2.05, 4.69) is 20.0 Å². The molecule has 0 aliphatic rings. The molecule has 0 unspecified atom stereocenters. The van der Waals surface area contributed by atoms with Crippen molar-refractivity contribution in [3.8, 4) is 16.3 Å². The van der Waals surface area contributed by atoms with Crippen molar-refractivity contribution < 1.29 is 22.7 Å². The van der Waals surface area contributed by atoms with Gasteiger partial charge < -0.3 is 14.5 Å². The van der Waals surface area contributed by atoms with Crippen LogP contribution in [0.25, 0.3) is 32.5 Å². The summed E-state index contributed by atoms with van der Waals surface area (Å²) in [6.45, 7) is -3.01. The van der Waals surface area contributed by atoms with Gasteiger partial charge in [-0.3, -0.25) is 9.78 Å². The molecule has 11 heteroatoms. The fourth-order valence-electron chi connectivity index (χ4n) is 3.38. The van der Waals surface area contributed by atoms with Crippen LogP contribution in [0.3, 0.4) is 0 Å². The summed E-state index contributed by atoms with van der Waals surface area (Å²) in [6.07, 6.45) is 2.72. The number of furan rings is 1. The standard InChI is InChI=1S/C22H11Cl2F2N3O3S/c23-12-7-27-8-13(24)18(12)29-20(30)14-9-33-21(28-14)11-5-6-16(32-22(25)26)19-17(11)10-3-1-2-4-15(10)31-19/h1-9,22H,(H,27,29,30). The molecule has 1 amide bonds. The average molecular weight is 506 g/mol. The van der Waals surface area contributed by atoms with Gasteiger partial charge in [-0.15, -0.1) is 11.3 Å². The van der Waals surface area contributed by atoms with Crippen LogP contribution in [0.15, 0.2) is 58.6 Å². The van der Waals surface area contributed by atoms with E-state index in [1.54, 1.807) is 23.6 Å². The number of ether oxygens (including phenoxy) is 1. The third-order valence-corrected chi connectivity index (χ3v) is 6.21. The Morgan fingerprint density at radius 2 is 1.88 bits per heavy atom. The zero-order chi connectivity index (χ0) is 23.1. The number of amides is 1. The first-order valence-corrected chi connectivity index (χ1v) is 11.0.